The predicted molar refractivity (Wildman–Crippen MR) is 62.2 cm³/mol. The highest BCUT2D eigenvalue weighted by Crippen LogP contribution is 2.32. The second-order valence-electron chi connectivity index (χ2n) is 2.32. The first kappa shape index (κ1) is 8.90. The Morgan fingerprint density at radius 3 is 3.00 bits per heavy atom. The van der Waals surface area contributed by atoms with Crippen LogP contribution in [-0.4, -0.2) is 0 Å². The van der Waals surface area contributed by atoms with Gasteiger partial charge in [0.15, 0.2) is 0 Å². The molecule has 0 bridgehead atoms. The van der Waals surface area contributed by atoms with E-state index >= 15 is 0 Å². The van der Waals surface area contributed by atoms with Crippen molar-refractivity contribution in [2.75, 3.05) is 0 Å². The molecule has 2 rings (SSSR count). The molecule has 0 saturated carbocycles. The normalized spacial score (nSPS) is 10.9. The Kier molecular flexibility index (Phi) is 2.39. The number of hydrogen-bond donors (Lipinski definition) is 0. The van der Waals surface area contributed by atoms with Crippen molar-refractivity contribution in [3.05, 3.63) is 31.4 Å². The SMILES string of the molecule is Fc1c(Br)c(I)cc2sccc12. The number of benzene rings is 1. The van der Waals surface area contributed by atoms with Crippen LogP contribution in [0, 0.1) is 9.39 Å². The van der Waals surface area contributed by atoms with E-state index in [4.69, 9.17) is 0 Å². The summed E-state index contributed by atoms with van der Waals surface area (Å²) in [6, 6.07) is 3.78. The van der Waals surface area contributed by atoms with Gasteiger partial charge in [-0.05, 0) is 56.0 Å². The molecule has 2 aromatic rings. The van der Waals surface area contributed by atoms with Crippen LogP contribution in [0.4, 0.5) is 4.39 Å². The zero-order chi connectivity index (χ0) is 8.72. The fourth-order valence-corrected chi connectivity index (χ4v) is 2.92. The maximum atomic E-state index is 13.4. The lowest BCUT2D eigenvalue weighted by Gasteiger charge is -1.98. The third-order valence-electron chi connectivity index (χ3n) is 1.59. The zero-order valence-electron chi connectivity index (χ0n) is 5.77. The number of thiophene rings is 1. The van der Waals surface area contributed by atoms with E-state index < -0.39 is 0 Å². The molecule has 0 aliphatic rings. The lowest BCUT2D eigenvalue weighted by atomic mass is 10.2. The van der Waals surface area contributed by atoms with Crippen LogP contribution in [0.3, 0.4) is 0 Å². The first-order chi connectivity index (χ1) is 5.70. The van der Waals surface area contributed by atoms with Crippen LogP contribution in [0.1, 0.15) is 0 Å². The Labute approximate surface area is 95.0 Å². The molecule has 1 aromatic heterocycles. The zero-order valence-corrected chi connectivity index (χ0v) is 10.3. The first-order valence-electron chi connectivity index (χ1n) is 3.21. The van der Waals surface area contributed by atoms with Gasteiger partial charge in [-0.3, -0.25) is 0 Å². The molecule has 4 heteroatoms. The Hall–Kier alpha value is 0.320. The maximum Gasteiger partial charge on any atom is 0.147 e. The molecule has 0 unspecified atom stereocenters. The van der Waals surface area contributed by atoms with Crippen molar-refractivity contribution >= 4 is 59.9 Å². The van der Waals surface area contributed by atoms with Gasteiger partial charge in [0.25, 0.3) is 0 Å². The minimum atomic E-state index is -0.154. The highest BCUT2D eigenvalue weighted by molar-refractivity contribution is 14.1. The van der Waals surface area contributed by atoms with E-state index in [2.05, 4.69) is 38.5 Å². The highest BCUT2D eigenvalue weighted by Gasteiger charge is 2.09. The molecular formula is C8H3BrFIS. The van der Waals surface area contributed by atoms with Crippen molar-refractivity contribution in [2.45, 2.75) is 0 Å². The third-order valence-corrected chi connectivity index (χ3v) is 4.82. The molecule has 0 spiro atoms. The predicted octanol–water partition coefficient (Wildman–Crippen LogP) is 4.41. The average molecular weight is 357 g/mol. The van der Waals surface area contributed by atoms with Crippen LogP contribution in [-0.2, 0) is 0 Å². The van der Waals surface area contributed by atoms with Crippen molar-refractivity contribution in [2.24, 2.45) is 0 Å². The quantitative estimate of drug-likeness (QED) is 0.484. The van der Waals surface area contributed by atoms with Crippen molar-refractivity contribution in [1.29, 1.82) is 0 Å². The van der Waals surface area contributed by atoms with E-state index in [1.54, 1.807) is 17.4 Å². The van der Waals surface area contributed by atoms with Gasteiger partial charge in [-0.1, -0.05) is 0 Å². The second kappa shape index (κ2) is 3.23. The number of fused-ring (bicyclic) bond motifs is 1. The van der Waals surface area contributed by atoms with Crippen molar-refractivity contribution in [3.8, 4) is 0 Å². The molecule has 62 valence electrons. The van der Waals surface area contributed by atoms with Crippen LogP contribution >= 0.6 is 49.9 Å². The van der Waals surface area contributed by atoms with E-state index in [1.165, 1.54) is 0 Å². The van der Waals surface area contributed by atoms with Gasteiger partial charge in [0.05, 0.1) is 4.47 Å². The van der Waals surface area contributed by atoms with Gasteiger partial charge in [-0.25, -0.2) is 4.39 Å². The number of halogens is 3. The van der Waals surface area contributed by atoms with Gasteiger partial charge in [0.1, 0.15) is 5.82 Å². The molecule has 0 amide bonds. The van der Waals surface area contributed by atoms with Gasteiger partial charge >= 0.3 is 0 Å². The topological polar surface area (TPSA) is 0 Å². The Bertz CT molecular complexity index is 438. The lowest BCUT2D eigenvalue weighted by Crippen LogP contribution is -1.81. The van der Waals surface area contributed by atoms with Gasteiger partial charge in [0.2, 0.25) is 0 Å². The van der Waals surface area contributed by atoms with Gasteiger partial charge in [0, 0.05) is 13.7 Å². The molecule has 0 aliphatic carbocycles. The first-order valence-corrected chi connectivity index (χ1v) is 5.96. The van der Waals surface area contributed by atoms with Crippen LogP contribution < -0.4 is 0 Å². The average Bonchev–Trinajstić information content (AvgIpc) is 2.48. The molecule has 0 aliphatic heterocycles. The highest BCUT2D eigenvalue weighted by atomic mass is 127. The minimum Gasteiger partial charge on any atom is -0.205 e. The smallest absolute Gasteiger partial charge is 0.147 e. The second-order valence-corrected chi connectivity index (χ2v) is 5.22. The Morgan fingerprint density at radius 1 is 1.50 bits per heavy atom. The summed E-state index contributed by atoms with van der Waals surface area (Å²) in [5.74, 6) is -0.154. The van der Waals surface area contributed by atoms with E-state index in [1.807, 2.05) is 11.4 Å². The van der Waals surface area contributed by atoms with Crippen molar-refractivity contribution < 1.29 is 4.39 Å². The summed E-state index contributed by atoms with van der Waals surface area (Å²) in [5.41, 5.74) is 0. The fraction of sp³-hybridized carbons (Fsp3) is 0. The molecule has 0 N–H and O–H groups in total. The summed E-state index contributed by atoms with van der Waals surface area (Å²) >= 11 is 6.88. The summed E-state index contributed by atoms with van der Waals surface area (Å²) in [5, 5.41) is 2.60. The summed E-state index contributed by atoms with van der Waals surface area (Å²) in [6.07, 6.45) is 0. The molecule has 0 saturated heterocycles. The van der Waals surface area contributed by atoms with Gasteiger partial charge in [-0.2, -0.15) is 0 Å². The minimum absolute atomic E-state index is 0.154. The summed E-state index contributed by atoms with van der Waals surface area (Å²) in [7, 11) is 0. The van der Waals surface area contributed by atoms with Crippen LogP contribution in [0.15, 0.2) is 22.0 Å². The van der Waals surface area contributed by atoms with Gasteiger partial charge in [-0.15, -0.1) is 11.3 Å². The van der Waals surface area contributed by atoms with E-state index in [-0.39, 0.29) is 5.82 Å². The summed E-state index contributed by atoms with van der Waals surface area (Å²) in [6.45, 7) is 0. The molecule has 0 fully saturated rings. The molecular weight excluding hydrogens is 354 g/mol. The van der Waals surface area contributed by atoms with E-state index in [0.717, 1.165) is 8.27 Å². The standard InChI is InChI=1S/C8H3BrFIS/c9-7-5(11)3-6-4(8(7)10)1-2-12-6/h1-3H. The summed E-state index contributed by atoms with van der Waals surface area (Å²) < 4.78 is 15.9. The molecule has 12 heavy (non-hydrogen) atoms. The molecule has 1 heterocycles. The number of rotatable bonds is 0. The van der Waals surface area contributed by atoms with Crippen molar-refractivity contribution in [1.82, 2.24) is 0 Å². The van der Waals surface area contributed by atoms with Crippen LogP contribution in [0.5, 0.6) is 0 Å². The monoisotopic (exact) mass is 356 g/mol. The molecule has 0 atom stereocenters. The summed E-state index contributed by atoms with van der Waals surface area (Å²) in [4.78, 5) is 0. The largest absolute Gasteiger partial charge is 0.205 e. The van der Waals surface area contributed by atoms with E-state index in [0.29, 0.717) is 9.86 Å². The maximum absolute atomic E-state index is 13.4. The van der Waals surface area contributed by atoms with Crippen LogP contribution in [0.2, 0.25) is 0 Å². The van der Waals surface area contributed by atoms with Gasteiger partial charge < -0.3 is 0 Å². The van der Waals surface area contributed by atoms with E-state index in [9.17, 15) is 4.39 Å². The molecule has 1 aromatic carbocycles. The molecule has 0 nitrogen and oxygen atoms in total. The lowest BCUT2D eigenvalue weighted by molar-refractivity contribution is 0.632. The fourth-order valence-electron chi connectivity index (χ4n) is 1.02. The Morgan fingerprint density at radius 2 is 2.25 bits per heavy atom. The number of hydrogen-bond acceptors (Lipinski definition) is 1. The third kappa shape index (κ3) is 1.29. The Balaban J connectivity index is 2.94. The van der Waals surface area contributed by atoms with Crippen molar-refractivity contribution in [3.63, 3.8) is 0 Å². The molecule has 0 radical (unpaired) electrons. The van der Waals surface area contributed by atoms with Crippen LogP contribution in [0.25, 0.3) is 10.1 Å².